The van der Waals surface area contributed by atoms with Crippen molar-refractivity contribution in [3.05, 3.63) is 29.1 Å². The lowest BCUT2D eigenvalue weighted by molar-refractivity contribution is -0.119. The maximum atomic E-state index is 14.0. The molecule has 1 aromatic carbocycles. The molecular formula is C14H18FN3O2. The summed E-state index contributed by atoms with van der Waals surface area (Å²) in [7, 11) is 0. The van der Waals surface area contributed by atoms with Crippen molar-refractivity contribution in [3.8, 4) is 0 Å². The van der Waals surface area contributed by atoms with Gasteiger partial charge in [-0.25, -0.2) is 4.39 Å². The molecule has 1 unspecified atom stereocenters. The molecule has 1 saturated heterocycles. The van der Waals surface area contributed by atoms with Crippen LogP contribution in [0.25, 0.3) is 0 Å². The lowest BCUT2D eigenvalue weighted by Gasteiger charge is -2.18. The smallest absolute Gasteiger partial charge is 0.256 e. The molecule has 0 radical (unpaired) electrons. The van der Waals surface area contributed by atoms with Crippen LogP contribution in [-0.4, -0.2) is 35.8 Å². The number of nitrogens with zero attached hydrogens (tertiary/aromatic N) is 1. The van der Waals surface area contributed by atoms with Gasteiger partial charge in [-0.2, -0.15) is 0 Å². The number of hydrogen-bond acceptors (Lipinski definition) is 3. The number of benzene rings is 1. The van der Waals surface area contributed by atoms with E-state index in [1.54, 1.807) is 6.92 Å². The van der Waals surface area contributed by atoms with E-state index >= 15 is 0 Å². The minimum atomic E-state index is -0.535. The van der Waals surface area contributed by atoms with Crippen LogP contribution in [0.15, 0.2) is 12.1 Å². The Morgan fingerprint density at radius 3 is 2.80 bits per heavy atom. The predicted molar refractivity (Wildman–Crippen MR) is 73.7 cm³/mol. The van der Waals surface area contributed by atoms with Gasteiger partial charge in [0, 0.05) is 31.7 Å². The zero-order valence-corrected chi connectivity index (χ0v) is 11.6. The van der Waals surface area contributed by atoms with Crippen molar-refractivity contribution in [2.24, 2.45) is 0 Å². The van der Waals surface area contributed by atoms with Crippen LogP contribution < -0.4 is 11.1 Å². The molecule has 3 N–H and O–H groups in total. The highest BCUT2D eigenvalue weighted by Gasteiger charge is 2.29. The van der Waals surface area contributed by atoms with Crippen molar-refractivity contribution < 1.29 is 14.0 Å². The van der Waals surface area contributed by atoms with Crippen molar-refractivity contribution in [1.29, 1.82) is 0 Å². The quantitative estimate of drug-likeness (QED) is 0.795. The van der Waals surface area contributed by atoms with Gasteiger partial charge in [-0.05, 0) is 31.0 Å². The van der Waals surface area contributed by atoms with E-state index in [4.69, 9.17) is 5.73 Å². The summed E-state index contributed by atoms with van der Waals surface area (Å²) >= 11 is 0. The van der Waals surface area contributed by atoms with E-state index in [9.17, 15) is 14.0 Å². The molecule has 2 rings (SSSR count). The van der Waals surface area contributed by atoms with Gasteiger partial charge in [-0.1, -0.05) is 0 Å². The Morgan fingerprint density at radius 1 is 1.45 bits per heavy atom. The summed E-state index contributed by atoms with van der Waals surface area (Å²) in [6.07, 6.45) is 0.675. The first-order chi connectivity index (χ1) is 9.38. The minimum absolute atomic E-state index is 0.00836. The number of nitrogens with two attached hydrogens (primary N) is 1. The van der Waals surface area contributed by atoms with Crippen LogP contribution in [0, 0.1) is 12.7 Å². The highest BCUT2D eigenvalue weighted by Crippen LogP contribution is 2.21. The Hall–Kier alpha value is -2.11. The van der Waals surface area contributed by atoms with Gasteiger partial charge >= 0.3 is 0 Å². The van der Waals surface area contributed by atoms with Crippen LogP contribution in [0.5, 0.6) is 0 Å². The summed E-state index contributed by atoms with van der Waals surface area (Å²) in [5.74, 6) is -1.05. The summed E-state index contributed by atoms with van der Waals surface area (Å²) in [6.45, 7) is 3.90. The lowest BCUT2D eigenvalue weighted by atomic mass is 10.1. The number of anilines is 1. The van der Waals surface area contributed by atoms with Crippen molar-refractivity contribution in [2.75, 3.05) is 18.8 Å². The third-order valence-corrected chi connectivity index (χ3v) is 3.39. The maximum absolute atomic E-state index is 14.0. The Kier molecular flexibility index (Phi) is 3.92. The monoisotopic (exact) mass is 279 g/mol. The van der Waals surface area contributed by atoms with Gasteiger partial charge in [0.05, 0.1) is 5.56 Å². The summed E-state index contributed by atoms with van der Waals surface area (Å²) in [5.41, 5.74) is 6.37. The molecule has 0 bridgehead atoms. The number of likely N-dealkylation sites (tertiary alicyclic amines) is 1. The molecule has 1 heterocycles. The number of carbonyl (C=O) groups is 2. The molecule has 0 aromatic heterocycles. The fourth-order valence-electron chi connectivity index (χ4n) is 2.47. The number of halogens is 1. The van der Waals surface area contributed by atoms with Gasteiger partial charge in [-0.3, -0.25) is 9.59 Å². The molecule has 1 fully saturated rings. The van der Waals surface area contributed by atoms with Crippen LogP contribution in [0.3, 0.4) is 0 Å². The third kappa shape index (κ3) is 2.89. The number of aryl methyl sites for hydroxylation is 1. The van der Waals surface area contributed by atoms with Gasteiger partial charge in [0.25, 0.3) is 5.91 Å². The highest BCUT2D eigenvalue weighted by molar-refractivity contribution is 5.96. The Morgan fingerprint density at radius 2 is 2.15 bits per heavy atom. The van der Waals surface area contributed by atoms with Crippen molar-refractivity contribution in [1.82, 2.24) is 10.2 Å². The second kappa shape index (κ2) is 5.48. The fourth-order valence-corrected chi connectivity index (χ4v) is 2.47. The summed E-state index contributed by atoms with van der Waals surface area (Å²) in [4.78, 5) is 24.9. The van der Waals surface area contributed by atoms with E-state index in [-0.39, 0.29) is 23.4 Å². The molecular weight excluding hydrogens is 261 g/mol. The van der Waals surface area contributed by atoms with Crippen LogP contribution >= 0.6 is 0 Å². The van der Waals surface area contributed by atoms with E-state index in [2.05, 4.69) is 5.32 Å². The first-order valence-corrected chi connectivity index (χ1v) is 6.50. The molecule has 1 atom stereocenters. The number of amides is 2. The van der Waals surface area contributed by atoms with Crippen molar-refractivity contribution in [2.45, 2.75) is 26.3 Å². The fraction of sp³-hybridized carbons (Fsp3) is 0.429. The number of nitrogens with one attached hydrogen (secondary N) is 1. The van der Waals surface area contributed by atoms with Crippen molar-refractivity contribution >= 4 is 17.5 Å². The lowest BCUT2D eigenvalue weighted by Crippen LogP contribution is -2.37. The number of carbonyl (C=O) groups excluding carboxylic acids is 2. The highest BCUT2D eigenvalue weighted by atomic mass is 19.1. The predicted octanol–water partition coefficient (Wildman–Crippen LogP) is 1.07. The normalized spacial score (nSPS) is 18.1. The minimum Gasteiger partial charge on any atom is -0.399 e. The molecule has 5 nitrogen and oxygen atoms in total. The van der Waals surface area contributed by atoms with Gasteiger partial charge in [0.2, 0.25) is 5.91 Å². The molecule has 20 heavy (non-hydrogen) atoms. The number of nitrogen functional groups attached to an aromatic ring is 1. The largest absolute Gasteiger partial charge is 0.399 e. The Labute approximate surface area is 116 Å². The average molecular weight is 279 g/mol. The van der Waals surface area contributed by atoms with Gasteiger partial charge in [0.1, 0.15) is 5.82 Å². The van der Waals surface area contributed by atoms with E-state index in [1.807, 2.05) is 0 Å². The van der Waals surface area contributed by atoms with Gasteiger partial charge in [-0.15, -0.1) is 0 Å². The molecule has 6 heteroatoms. The average Bonchev–Trinajstić information content (AvgIpc) is 2.80. The first-order valence-electron chi connectivity index (χ1n) is 6.50. The molecule has 1 aromatic rings. The van der Waals surface area contributed by atoms with Crippen molar-refractivity contribution in [3.63, 3.8) is 0 Å². The van der Waals surface area contributed by atoms with Crippen LogP contribution in [0.4, 0.5) is 10.1 Å². The summed E-state index contributed by atoms with van der Waals surface area (Å²) in [6, 6.07) is 2.79. The Balaban J connectivity index is 2.15. The van der Waals surface area contributed by atoms with Crippen LogP contribution in [-0.2, 0) is 4.79 Å². The Bertz CT molecular complexity index is 560. The zero-order valence-electron chi connectivity index (χ0n) is 11.6. The molecule has 108 valence electrons. The van der Waals surface area contributed by atoms with Gasteiger partial charge < -0.3 is 16.0 Å². The van der Waals surface area contributed by atoms with E-state index in [0.29, 0.717) is 30.8 Å². The SMILES string of the molecule is CC(=O)NC1CCN(C(=O)c2cc(N)cc(C)c2F)C1. The van der Waals surface area contributed by atoms with Gasteiger partial charge in [0.15, 0.2) is 0 Å². The first kappa shape index (κ1) is 14.3. The summed E-state index contributed by atoms with van der Waals surface area (Å²) < 4.78 is 14.0. The molecule has 0 spiro atoms. The van der Waals surface area contributed by atoms with E-state index in [0.717, 1.165) is 0 Å². The van der Waals surface area contributed by atoms with E-state index < -0.39 is 5.82 Å². The molecule has 1 aliphatic rings. The molecule has 2 amide bonds. The van der Waals surface area contributed by atoms with Crippen LogP contribution in [0.2, 0.25) is 0 Å². The molecule has 1 aliphatic heterocycles. The second-order valence-corrected chi connectivity index (χ2v) is 5.14. The number of hydrogen-bond donors (Lipinski definition) is 2. The zero-order chi connectivity index (χ0) is 14.9. The second-order valence-electron chi connectivity index (χ2n) is 5.14. The van der Waals surface area contributed by atoms with Crippen LogP contribution in [0.1, 0.15) is 29.3 Å². The topological polar surface area (TPSA) is 75.4 Å². The summed E-state index contributed by atoms with van der Waals surface area (Å²) in [5, 5.41) is 2.76. The molecule has 0 aliphatic carbocycles. The molecule has 0 saturated carbocycles. The maximum Gasteiger partial charge on any atom is 0.256 e. The standard InChI is InChI=1S/C14H18FN3O2/c1-8-5-10(16)6-12(13(8)15)14(20)18-4-3-11(7-18)17-9(2)19/h5-6,11H,3-4,7,16H2,1-2H3,(H,17,19). The number of rotatable bonds is 2. The third-order valence-electron chi connectivity index (χ3n) is 3.39. The van der Waals surface area contributed by atoms with E-state index in [1.165, 1.54) is 24.0 Å².